The van der Waals surface area contributed by atoms with Crippen molar-refractivity contribution in [2.75, 3.05) is 11.3 Å². The minimum atomic E-state index is -3.65. The quantitative estimate of drug-likeness (QED) is 0.812. The molecular formula is C13H17BrN4O2S. The van der Waals surface area contributed by atoms with Gasteiger partial charge in [0.15, 0.2) is 0 Å². The van der Waals surface area contributed by atoms with Gasteiger partial charge < -0.3 is 5.73 Å². The van der Waals surface area contributed by atoms with Crippen LogP contribution >= 0.6 is 15.9 Å². The van der Waals surface area contributed by atoms with Gasteiger partial charge in [0.25, 0.3) is 10.0 Å². The van der Waals surface area contributed by atoms with Gasteiger partial charge in [-0.2, -0.15) is 5.10 Å². The lowest BCUT2D eigenvalue weighted by molar-refractivity contribution is 0.582. The molecule has 0 spiro atoms. The highest BCUT2D eigenvalue weighted by molar-refractivity contribution is 9.10. The SMILES string of the molecule is Cc1cccc(NS(=O)(=O)c2cnn(CCCN)c2)c1Br. The van der Waals surface area contributed by atoms with Gasteiger partial charge in [0.2, 0.25) is 0 Å². The number of anilines is 1. The second-order valence-corrected chi connectivity index (χ2v) is 7.10. The Labute approximate surface area is 132 Å². The number of hydrogen-bond donors (Lipinski definition) is 2. The van der Waals surface area contributed by atoms with E-state index in [2.05, 4.69) is 25.8 Å². The van der Waals surface area contributed by atoms with Gasteiger partial charge in [-0.25, -0.2) is 8.42 Å². The molecule has 3 N–H and O–H groups in total. The summed E-state index contributed by atoms with van der Waals surface area (Å²) in [5.41, 5.74) is 6.88. The number of hydrogen-bond acceptors (Lipinski definition) is 4. The Hall–Kier alpha value is -1.38. The van der Waals surface area contributed by atoms with Crippen molar-refractivity contribution in [3.05, 3.63) is 40.6 Å². The molecule has 2 aromatic rings. The van der Waals surface area contributed by atoms with Crippen LogP contribution in [0.2, 0.25) is 0 Å². The van der Waals surface area contributed by atoms with Crippen molar-refractivity contribution in [2.45, 2.75) is 24.8 Å². The van der Waals surface area contributed by atoms with E-state index in [9.17, 15) is 8.42 Å². The Kier molecular flexibility index (Phi) is 5.02. The molecule has 1 aromatic carbocycles. The summed E-state index contributed by atoms with van der Waals surface area (Å²) in [6.07, 6.45) is 3.59. The molecule has 0 bridgehead atoms. The lowest BCUT2D eigenvalue weighted by Crippen LogP contribution is -2.13. The van der Waals surface area contributed by atoms with Gasteiger partial charge in [0.1, 0.15) is 4.90 Å². The van der Waals surface area contributed by atoms with Gasteiger partial charge in [0.05, 0.1) is 11.9 Å². The van der Waals surface area contributed by atoms with E-state index in [1.54, 1.807) is 16.8 Å². The lowest BCUT2D eigenvalue weighted by Gasteiger charge is -2.09. The van der Waals surface area contributed by atoms with Gasteiger partial charge in [-0.3, -0.25) is 9.40 Å². The Morgan fingerprint density at radius 3 is 2.90 bits per heavy atom. The van der Waals surface area contributed by atoms with Gasteiger partial charge in [0, 0.05) is 17.2 Å². The maximum atomic E-state index is 12.3. The molecule has 0 radical (unpaired) electrons. The van der Waals surface area contributed by atoms with Crippen LogP contribution in [0.25, 0.3) is 0 Å². The standard InChI is InChI=1S/C13H17BrN4O2S/c1-10-4-2-5-12(13(10)14)17-21(19,20)11-8-16-18(9-11)7-3-6-15/h2,4-5,8-9,17H,3,6-7,15H2,1H3. The number of aromatic nitrogens is 2. The number of rotatable bonds is 6. The third-order valence-electron chi connectivity index (χ3n) is 2.95. The van der Waals surface area contributed by atoms with Crippen LogP contribution in [0.5, 0.6) is 0 Å². The van der Waals surface area contributed by atoms with Crippen LogP contribution in [0.3, 0.4) is 0 Å². The van der Waals surface area contributed by atoms with Crippen LogP contribution in [0, 0.1) is 6.92 Å². The van der Waals surface area contributed by atoms with Crippen molar-refractivity contribution in [3.8, 4) is 0 Å². The summed E-state index contributed by atoms with van der Waals surface area (Å²) in [5.74, 6) is 0. The smallest absolute Gasteiger partial charge is 0.265 e. The topological polar surface area (TPSA) is 90.0 Å². The predicted molar refractivity (Wildman–Crippen MR) is 85.6 cm³/mol. The molecule has 1 heterocycles. The fourth-order valence-corrected chi connectivity index (χ4v) is 3.31. The summed E-state index contributed by atoms with van der Waals surface area (Å²) in [5, 5.41) is 4.03. The first kappa shape index (κ1) is 16.0. The minimum Gasteiger partial charge on any atom is -0.330 e. The lowest BCUT2D eigenvalue weighted by atomic mass is 10.2. The molecule has 2 rings (SSSR count). The number of benzene rings is 1. The highest BCUT2D eigenvalue weighted by Crippen LogP contribution is 2.27. The monoisotopic (exact) mass is 372 g/mol. The molecule has 1 aromatic heterocycles. The normalized spacial score (nSPS) is 11.6. The van der Waals surface area contributed by atoms with Crippen LogP contribution < -0.4 is 10.5 Å². The van der Waals surface area contributed by atoms with E-state index in [4.69, 9.17) is 5.73 Å². The van der Waals surface area contributed by atoms with Gasteiger partial charge >= 0.3 is 0 Å². The predicted octanol–water partition coefficient (Wildman–Crippen LogP) is 2.10. The summed E-state index contributed by atoms with van der Waals surface area (Å²) in [4.78, 5) is 0.132. The summed E-state index contributed by atoms with van der Waals surface area (Å²) >= 11 is 3.38. The van der Waals surface area contributed by atoms with Crippen LogP contribution in [-0.4, -0.2) is 24.7 Å². The third kappa shape index (κ3) is 3.84. The number of nitrogens with zero attached hydrogens (tertiary/aromatic N) is 2. The Morgan fingerprint density at radius 2 is 2.19 bits per heavy atom. The third-order valence-corrected chi connectivity index (χ3v) is 5.32. The van der Waals surface area contributed by atoms with E-state index in [0.717, 1.165) is 16.5 Å². The van der Waals surface area contributed by atoms with Crippen molar-refractivity contribution in [2.24, 2.45) is 5.73 Å². The van der Waals surface area contributed by atoms with E-state index in [1.807, 2.05) is 13.0 Å². The second kappa shape index (κ2) is 6.59. The average molecular weight is 373 g/mol. The first-order valence-electron chi connectivity index (χ1n) is 6.44. The number of nitrogens with two attached hydrogens (primary N) is 1. The Balaban J connectivity index is 2.22. The van der Waals surface area contributed by atoms with E-state index >= 15 is 0 Å². The molecule has 8 heteroatoms. The fourth-order valence-electron chi connectivity index (χ4n) is 1.79. The molecule has 0 fully saturated rings. The molecular weight excluding hydrogens is 356 g/mol. The van der Waals surface area contributed by atoms with Crippen molar-refractivity contribution >= 4 is 31.6 Å². The maximum Gasteiger partial charge on any atom is 0.265 e. The van der Waals surface area contributed by atoms with E-state index < -0.39 is 10.0 Å². The highest BCUT2D eigenvalue weighted by Gasteiger charge is 2.18. The number of halogens is 1. The van der Waals surface area contributed by atoms with E-state index in [0.29, 0.717) is 18.8 Å². The number of sulfonamides is 1. The van der Waals surface area contributed by atoms with Crippen LogP contribution in [0.15, 0.2) is 40.0 Å². The van der Waals surface area contributed by atoms with E-state index in [-0.39, 0.29) is 4.90 Å². The zero-order valence-corrected chi connectivity index (χ0v) is 14.0. The van der Waals surface area contributed by atoms with Crippen molar-refractivity contribution in [3.63, 3.8) is 0 Å². The maximum absolute atomic E-state index is 12.3. The molecule has 0 aliphatic heterocycles. The largest absolute Gasteiger partial charge is 0.330 e. The number of aryl methyl sites for hydroxylation is 2. The van der Waals surface area contributed by atoms with Crippen molar-refractivity contribution in [1.29, 1.82) is 0 Å². The van der Waals surface area contributed by atoms with Gasteiger partial charge in [-0.1, -0.05) is 12.1 Å². The molecule has 0 aliphatic carbocycles. The zero-order chi connectivity index (χ0) is 15.5. The first-order chi connectivity index (χ1) is 9.94. The van der Waals surface area contributed by atoms with Gasteiger partial charge in [-0.15, -0.1) is 0 Å². The Morgan fingerprint density at radius 1 is 1.43 bits per heavy atom. The molecule has 0 atom stereocenters. The first-order valence-corrected chi connectivity index (χ1v) is 8.72. The molecule has 0 aliphatic rings. The van der Waals surface area contributed by atoms with Crippen LogP contribution in [-0.2, 0) is 16.6 Å². The molecule has 21 heavy (non-hydrogen) atoms. The molecule has 0 unspecified atom stereocenters. The van der Waals surface area contributed by atoms with Crippen LogP contribution in [0.1, 0.15) is 12.0 Å². The summed E-state index contributed by atoms with van der Waals surface area (Å²) in [6.45, 7) is 3.03. The second-order valence-electron chi connectivity index (χ2n) is 4.62. The summed E-state index contributed by atoms with van der Waals surface area (Å²) < 4.78 is 29.5. The molecule has 0 amide bonds. The minimum absolute atomic E-state index is 0.132. The van der Waals surface area contributed by atoms with E-state index in [1.165, 1.54) is 12.4 Å². The molecule has 114 valence electrons. The summed E-state index contributed by atoms with van der Waals surface area (Å²) in [7, 11) is -3.65. The fraction of sp³-hybridized carbons (Fsp3) is 0.308. The average Bonchev–Trinajstić information content (AvgIpc) is 2.91. The van der Waals surface area contributed by atoms with Crippen molar-refractivity contribution in [1.82, 2.24) is 9.78 Å². The van der Waals surface area contributed by atoms with Gasteiger partial charge in [-0.05, 0) is 47.4 Å². The van der Waals surface area contributed by atoms with Crippen LogP contribution in [0.4, 0.5) is 5.69 Å². The zero-order valence-electron chi connectivity index (χ0n) is 11.6. The molecule has 0 saturated carbocycles. The van der Waals surface area contributed by atoms with Crippen molar-refractivity contribution < 1.29 is 8.42 Å². The molecule has 0 saturated heterocycles. The number of nitrogens with one attached hydrogen (secondary N) is 1. The Bertz CT molecular complexity index is 728. The highest BCUT2D eigenvalue weighted by atomic mass is 79.9. The molecule has 6 nitrogen and oxygen atoms in total. The summed E-state index contributed by atoms with van der Waals surface area (Å²) in [6, 6.07) is 5.39.